The Hall–Kier alpha value is -1.16. The van der Waals surface area contributed by atoms with Crippen molar-refractivity contribution < 1.29 is 33.0 Å². The number of hydrogen-bond acceptors (Lipinski definition) is 4. The standard InChI is InChI=1S/C8H13F3N2O4S/c9-8(10,11)18-4-2-12-7(17)13-5(1-3-14)6(15)16/h5,14H,1-4H2,(H,15,16)(H2,12,13,17). The van der Waals surface area contributed by atoms with Crippen LogP contribution in [0.2, 0.25) is 0 Å². The number of urea groups is 1. The number of aliphatic hydroxyl groups is 1. The molecule has 0 aromatic rings. The molecule has 0 aromatic heterocycles. The van der Waals surface area contributed by atoms with Crippen molar-refractivity contribution in [3.63, 3.8) is 0 Å². The second-order valence-electron chi connectivity index (χ2n) is 3.10. The Morgan fingerprint density at radius 3 is 2.39 bits per heavy atom. The summed E-state index contributed by atoms with van der Waals surface area (Å²) in [5.74, 6) is -1.70. The fourth-order valence-corrected chi connectivity index (χ4v) is 1.36. The summed E-state index contributed by atoms with van der Waals surface area (Å²) in [5.41, 5.74) is -4.36. The molecule has 0 bridgehead atoms. The van der Waals surface area contributed by atoms with Crippen LogP contribution in [0.15, 0.2) is 0 Å². The number of amides is 2. The van der Waals surface area contributed by atoms with Gasteiger partial charge in [0, 0.05) is 25.3 Å². The number of carboxylic acid groups (broad SMARTS) is 1. The molecule has 0 aliphatic carbocycles. The zero-order valence-electron chi connectivity index (χ0n) is 9.16. The Morgan fingerprint density at radius 2 is 1.94 bits per heavy atom. The van der Waals surface area contributed by atoms with E-state index in [-0.39, 0.29) is 30.5 Å². The largest absolute Gasteiger partial charge is 0.480 e. The Labute approximate surface area is 105 Å². The molecule has 0 aliphatic rings. The molecule has 0 rings (SSSR count). The quantitative estimate of drug-likeness (QED) is 0.508. The van der Waals surface area contributed by atoms with Crippen LogP contribution in [0, 0.1) is 0 Å². The molecule has 6 nitrogen and oxygen atoms in total. The minimum absolute atomic E-state index is 0.181. The van der Waals surface area contributed by atoms with Gasteiger partial charge in [-0.15, -0.1) is 0 Å². The first-order valence-corrected chi connectivity index (χ1v) is 5.83. The predicted molar refractivity (Wildman–Crippen MR) is 58.2 cm³/mol. The molecule has 0 saturated heterocycles. The van der Waals surface area contributed by atoms with Crippen LogP contribution in [-0.4, -0.2) is 52.7 Å². The first kappa shape index (κ1) is 16.8. The molecule has 0 fully saturated rings. The zero-order chi connectivity index (χ0) is 14.2. The van der Waals surface area contributed by atoms with Crippen LogP contribution in [0.3, 0.4) is 0 Å². The van der Waals surface area contributed by atoms with Gasteiger partial charge in [-0.25, -0.2) is 9.59 Å². The second-order valence-corrected chi connectivity index (χ2v) is 4.26. The highest BCUT2D eigenvalue weighted by Gasteiger charge is 2.27. The summed E-state index contributed by atoms with van der Waals surface area (Å²) in [6.07, 6.45) is -0.181. The summed E-state index contributed by atoms with van der Waals surface area (Å²) in [5, 5.41) is 21.3. The van der Waals surface area contributed by atoms with Gasteiger partial charge >= 0.3 is 17.5 Å². The van der Waals surface area contributed by atoms with E-state index in [4.69, 9.17) is 10.2 Å². The molecule has 1 unspecified atom stereocenters. The van der Waals surface area contributed by atoms with Gasteiger partial charge in [0.1, 0.15) is 6.04 Å². The van der Waals surface area contributed by atoms with Crippen LogP contribution < -0.4 is 10.6 Å². The van der Waals surface area contributed by atoms with E-state index < -0.39 is 30.2 Å². The van der Waals surface area contributed by atoms with E-state index in [1.165, 1.54) is 0 Å². The first-order valence-electron chi connectivity index (χ1n) is 4.85. The van der Waals surface area contributed by atoms with Gasteiger partial charge in [-0.2, -0.15) is 13.2 Å². The number of nitrogens with one attached hydrogen (secondary N) is 2. The number of carbonyl (C=O) groups is 2. The maximum atomic E-state index is 11.7. The molecule has 0 spiro atoms. The van der Waals surface area contributed by atoms with Crippen LogP contribution in [0.5, 0.6) is 0 Å². The number of aliphatic carboxylic acids is 1. The maximum Gasteiger partial charge on any atom is 0.441 e. The van der Waals surface area contributed by atoms with E-state index in [1.807, 2.05) is 5.32 Å². The SMILES string of the molecule is O=C(NCCSC(F)(F)F)NC(CCO)C(=O)O. The molecule has 0 aliphatic heterocycles. The van der Waals surface area contributed by atoms with Crippen molar-refractivity contribution >= 4 is 23.8 Å². The fraction of sp³-hybridized carbons (Fsp3) is 0.750. The van der Waals surface area contributed by atoms with Crippen LogP contribution in [-0.2, 0) is 4.79 Å². The van der Waals surface area contributed by atoms with Crippen molar-refractivity contribution in [2.45, 2.75) is 18.0 Å². The van der Waals surface area contributed by atoms with Gasteiger partial charge in [-0.05, 0) is 11.8 Å². The Kier molecular flexibility index (Phi) is 7.51. The minimum Gasteiger partial charge on any atom is -0.480 e. The number of thioether (sulfide) groups is 1. The van der Waals surface area contributed by atoms with Crippen LogP contribution in [0.25, 0.3) is 0 Å². The Balaban J connectivity index is 3.85. The minimum atomic E-state index is -4.36. The Morgan fingerprint density at radius 1 is 1.33 bits per heavy atom. The molecule has 0 heterocycles. The van der Waals surface area contributed by atoms with E-state index >= 15 is 0 Å². The molecule has 1 atom stereocenters. The molecule has 2 amide bonds. The van der Waals surface area contributed by atoms with E-state index in [0.717, 1.165) is 0 Å². The van der Waals surface area contributed by atoms with Crippen molar-refractivity contribution in [2.24, 2.45) is 0 Å². The summed E-state index contributed by atoms with van der Waals surface area (Å²) in [6, 6.07) is -2.16. The van der Waals surface area contributed by atoms with Gasteiger partial charge in [0.15, 0.2) is 0 Å². The van der Waals surface area contributed by atoms with Crippen molar-refractivity contribution in [2.75, 3.05) is 18.9 Å². The van der Waals surface area contributed by atoms with Crippen molar-refractivity contribution in [3.8, 4) is 0 Å². The lowest BCUT2D eigenvalue weighted by molar-refractivity contribution is -0.139. The average Bonchev–Trinajstić information content (AvgIpc) is 2.22. The molecule has 0 aromatic carbocycles. The molecule has 4 N–H and O–H groups in total. The molecule has 0 radical (unpaired) electrons. The predicted octanol–water partition coefficient (Wildman–Crippen LogP) is 0.374. The van der Waals surface area contributed by atoms with Crippen molar-refractivity contribution in [1.82, 2.24) is 10.6 Å². The summed E-state index contributed by atoms with van der Waals surface area (Å²) < 4.78 is 35.2. The number of aliphatic hydroxyl groups excluding tert-OH is 1. The molecular formula is C8H13F3N2O4S. The van der Waals surface area contributed by atoms with Crippen molar-refractivity contribution in [3.05, 3.63) is 0 Å². The lowest BCUT2D eigenvalue weighted by Gasteiger charge is -2.14. The number of rotatable bonds is 7. The van der Waals surface area contributed by atoms with Crippen LogP contribution in [0.4, 0.5) is 18.0 Å². The first-order chi connectivity index (χ1) is 8.26. The van der Waals surface area contributed by atoms with Gasteiger partial charge in [0.25, 0.3) is 0 Å². The molecule has 10 heteroatoms. The average molecular weight is 290 g/mol. The molecule has 18 heavy (non-hydrogen) atoms. The third-order valence-electron chi connectivity index (χ3n) is 1.67. The second kappa shape index (κ2) is 8.03. The number of halogens is 3. The van der Waals surface area contributed by atoms with Crippen LogP contribution in [0.1, 0.15) is 6.42 Å². The van der Waals surface area contributed by atoms with E-state index in [2.05, 4.69) is 5.32 Å². The van der Waals surface area contributed by atoms with E-state index in [0.29, 0.717) is 0 Å². The van der Waals surface area contributed by atoms with E-state index in [9.17, 15) is 22.8 Å². The fourth-order valence-electron chi connectivity index (χ4n) is 0.927. The summed E-state index contributed by atoms with van der Waals surface area (Å²) in [4.78, 5) is 21.7. The number of alkyl halides is 3. The van der Waals surface area contributed by atoms with E-state index in [1.54, 1.807) is 0 Å². The van der Waals surface area contributed by atoms with Gasteiger partial charge in [0.2, 0.25) is 0 Å². The van der Waals surface area contributed by atoms with Crippen LogP contribution >= 0.6 is 11.8 Å². The topological polar surface area (TPSA) is 98.7 Å². The highest BCUT2D eigenvalue weighted by molar-refractivity contribution is 8.00. The zero-order valence-corrected chi connectivity index (χ0v) is 9.98. The monoisotopic (exact) mass is 290 g/mol. The van der Waals surface area contributed by atoms with Gasteiger partial charge < -0.3 is 20.8 Å². The highest BCUT2D eigenvalue weighted by Crippen LogP contribution is 2.29. The lowest BCUT2D eigenvalue weighted by atomic mass is 10.2. The normalized spacial score (nSPS) is 12.9. The summed E-state index contributed by atoms with van der Waals surface area (Å²) in [7, 11) is 0. The molecular weight excluding hydrogens is 277 g/mol. The van der Waals surface area contributed by atoms with Gasteiger partial charge in [-0.3, -0.25) is 0 Å². The van der Waals surface area contributed by atoms with Crippen molar-refractivity contribution in [1.29, 1.82) is 0 Å². The highest BCUT2D eigenvalue weighted by atomic mass is 32.2. The van der Waals surface area contributed by atoms with Gasteiger partial charge in [-0.1, -0.05) is 0 Å². The third kappa shape index (κ3) is 8.93. The maximum absolute atomic E-state index is 11.7. The smallest absolute Gasteiger partial charge is 0.441 e. The Bertz CT molecular complexity index is 288. The number of carbonyl (C=O) groups excluding carboxylic acids is 1. The molecule has 0 saturated carbocycles. The summed E-state index contributed by atoms with van der Waals surface area (Å²) in [6.45, 7) is -0.678. The number of hydrogen-bond donors (Lipinski definition) is 4. The molecule has 106 valence electrons. The lowest BCUT2D eigenvalue weighted by Crippen LogP contribution is -2.46. The summed E-state index contributed by atoms with van der Waals surface area (Å²) >= 11 is -0.288. The number of carboxylic acids is 1. The van der Waals surface area contributed by atoms with Gasteiger partial charge in [0.05, 0.1) is 0 Å². The third-order valence-corrected chi connectivity index (χ3v) is 2.41.